The van der Waals surface area contributed by atoms with Gasteiger partial charge in [0.05, 0.1) is 23.1 Å². The number of nitrogens with one attached hydrogen (secondary N) is 1. The average Bonchev–Trinajstić information content (AvgIpc) is 2.70. The smallest absolute Gasteiger partial charge is 0.262 e. The van der Waals surface area contributed by atoms with Gasteiger partial charge in [-0.25, -0.2) is 12.8 Å². The van der Waals surface area contributed by atoms with Gasteiger partial charge >= 0.3 is 0 Å². The predicted molar refractivity (Wildman–Crippen MR) is 102 cm³/mol. The highest BCUT2D eigenvalue weighted by atomic mass is 35.5. The van der Waals surface area contributed by atoms with E-state index >= 15 is 0 Å². The Bertz CT molecular complexity index is 947. The van der Waals surface area contributed by atoms with E-state index in [1.165, 1.54) is 40.7 Å². The molecule has 1 saturated heterocycles. The van der Waals surface area contributed by atoms with E-state index in [1.54, 1.807) is 0 Å². The van der Waals surface area contributed by atoms with E-state index < -0.39 is 21.7 Å². The fraction of sp³-hybridized carbons (Fsp3) is 0.278. The van der Waals surface area contributed by atoms with Crippen LogP contribution in [0.2, 0.25) is 5.02 Å². The van der Waals surface area contributed by atoms with Crippen molar-refractivity contribution in [3.8, 4) is 5.75 Å². The van der Waals surface area contributed by atoms with Crippen LogP contribution in [0.15, 0.2) is 47.4 Å². The molecule has 28 heavy (non-hydrogen) atoms. The summed E-state index contributed by atoms with van der Waals surface area (Å²) in [6, 6.07) is 9.64. The molecule has 0 bridgehead atoms. The molecular formula is C18H18ClFN2O5S. The molecule has 1 fully saturated rings. The van der Waals surface area contributed by atoms with Crippen LogP contribution in [0.4, 0.5) is 10.1 Å². The fourth-order valence-corrected chi connectivity index (χ4v) is 4.15. The monoisotopic (exact) mass is 428 g/mol. The van der Waals surface area contributed by atoms with Gasteiger partial charge < -0.3 is 14.8 Å². The van der Waals surface area contributed by atoms with Crippen molar-refractivity contribution in [3.05, 3.63) is 53.3 Å². The van der Waals surface area contributed by atoms with Gasteiger partial charge in [-0.15, -0.1) is 0 Å². The van der Waals surface area contributed by atoms with Crippen molar-refractivity contribution < 1.29 is 27.1 Å². The van der Waals surface area contributed by atoms with Crippen molar-refractivity contribution in [2.24, 2.45) is 0 Å². The molecule has 1 heterocycles. The maximum absolute atomic E-state index is 13.1. The second-order valence-corrected chi connectivity index (χ2v) is 8.30. The summed E-state index contributed by atoms with van der Waals surface area (Å²) in [5.74, 6) is -0.705. The summed E-state index contributed by atoms with van der Waals surface area (Å²) in [6.07, 6.45) is 0. The maximum Gasteiger partial charge on any atom is 0.262 e. The molecule has 0 aliphatic carbocycles. The van der Waals surface area contributed by atoms with Gasteiger partial charge in [-0.05, 0) is 42.5 Å². The first-order valence-corrected chi connectivity index (χ1v) is 10.2. The lowest BCUT2D eigenvalue weighted by Gasteiger charge is -2.26. The maximum atomic E-state index is 13.1. The Morgan fingerprint density at radius 2 is 1.86 bits per heavy atom. The topological polar surface area (TPSA) is 84.9 Å². The van der Waals surface area contributed by atoms with Gasteiger partial charge in [0.15, 0.2) is 6.61 Å². The third-order valence-corrected chi connectivity index (χ3v) is 6.21. The molecule has 0 radical (unpaired) electrons. The van der Waals surface area contributed by atoms with E-state index in [0.29, 0.717) is 37.7 Å². The number of anilines is 1. The first kappa shape index (κ1) is 20.5. The van der Waals surface area contributed by atoms with E-state index in [1.807, 2.05) is 0 Å². The quantitative estimate of drug-likeness (QED) is 0.764. The molecule has 1 amide bonds. The van der Waals surface area contributed by atoms with Crippen molar-refractivity contribution in [2.45, 2.75) is 4.90 Å². The molecule has 1 aliphatic rings. The molecule has 3 rings (SSSR count). The number of rotatable bonds is 6. The number of amides is 1. The van der Waals surface area contributed by atoms with Gasteiger partial charge in [0.25, 0.3) is 5.91 Å². The molecule has 10 heteroatoms. The summed E-state index contributed by atoms with van der Waals surface area (Å²) in [4.78, 5) is 12.1. The zero-order valence-electron chi connectivity index (χ0n) is 14.7. The van der Waals surface area contributed by atoms with E-state index in [9.17, 15) is 17.6 Å². The van der Waals surface area contributed by atoms with Crippen LogP contribution in [0.3, 0.4) is 0 Å². The summed E-state index contributed by atoms with van der Waals surface area (Å²) in [5.41, 5.74) is 0.340. The zero-order valence-corrected chi connectivity index (χ0v) is 16.3. The zero-order chi connectivity index (χ0) is 20.1. The molecule has 0 spiro atoms. The Balaban J connectivity index is 1.56. The summed E-state index contributed by atoms with van der Waals surface area (Å²) in [6.45, 7) is 1.07. The molecule has 2 aromatic carbocycles. The molecule has 150 valence electrons. The van der Waals surface area contributed by atoms with Gasteiger partial charge in [-0.2, -0.15) is 4.31 Å². The Morgan fingerprint density at radius 1 is 1.18 bits per heavy atom. The van der Waals surface area contributed by atoms with Crippen molar-refractivity contribution >= 4 is 33.2 Å². The number of hydrogen-bond acceptors (Lipinski definition) is 5. The fourth-order valence-electron chi connectivity index (χ4n) is 2.56. The summed E-state index contributed by atoms with van der Waals surface area (Å²) in [5, 5.41) is 2.43. The highest BCUT2D eigenvalue weighted by Gasteiger charge is 2.26. The molecule has 0 unspecified atom stereocenters. The number of sulfonamides is 1. The summed E-state index contributed by atoms with van der Waals surface area (Å²) < 4.78 is 50.1. The number of nitrogens with zero attached hydrogens (tertiary/aromatic N) is 1. The van der Waals surface area contributed by atoms with E-state index in [0.717, 1.165) is 6.07 Å². The van der Waals surface area contributed by atoms with Gasteiger partial charge in [0, 0.05) is 18.8 Å². The molecule has 1 aliphatic heterocycles. The van der Waals surface area contributed by atoms with Gasteiger partial charge in [-0.1, -0.05) is 11.6 Å². The summed E-state index contributed by atoms with van der Waals surface area (Å²) >= 11 is 5.66. The van der Waals surface area contributed by atoms with Crippen LogP contribution in [0.1, 0.15) is 0 Å². The SMILES string of the molecule is O=C(COc1ccc(S(=O)(=O)N2CCOCC2)cc1)Nc1ccc(F)c(Cl)c1. The minimum atomic E-state index is -3.58. The average molecular weight is 429 g/mol. The minimum absolute atomic E-state index is 0.101. The first-order chi connectivity index (χ1) is 13.4. The number of hydrogen-bond donors (Lipinski definition) is 1. The van der Waals surface area contributed by atoms with Crippen LogP contribution in [-0.4, -0.2) is 51.5 Å². The highest BCUT2D eigenvalue weighted by molar-refractivity contribution is 7.89. The third-order valence-electron chi connectivity index (χ3n) is 4.00. The van der Waals surface area contributed by atoms with E-state index in [4.69, 9.17) is 21.1 Å². The van der Waals surface area contributed by atoms with E-state index in [2.05, 4.69) is 5.32 Å². The standard InChI is InChI=1S/C18H18ClFN2O5S/c19-16-11-13(1-6-17(16)20)21-18(23)12-27-14-2-4-15(5-3-14)28(24,25)22-7-9-26-10-8-22/h1-6,11H,7-10,12H2,(H,21,23). The molecule has 0 saturated carbocycles. The molecular weight excluding hydrogens is 411 g/mol. The van der Waals surface area contributed by atoms with Crippen LogP contribution < -0.4 is 10.1 Å². The van der Waals surface area contributed by atoms with Gasteiger partial charge in [0.1, 0.15) is 11.6 Å². The Kier molecular flexibility index (Phi) is 6.50. The second kappa shape index (κ2) is 8.87. The van der Waals surface area contributed by atoms with Crippen molar-refractivity contribution in [2.75, 3.05) is 38.2 Å². The minimum Gasteiger partial charge on any atom is -0.484 e. The molecule has 0 atom stereocenters. The van der Waals surface area contributed by atoms with Crippen LogP contribution in [0.5, 0.6) is 5.75 Å². The molecule has 7 nitrogen and oxygen atoms in total. The Morgan fingerprint density at radius 3 is 2.50 bits per heavy atom. The molecule has 0 aromatic heterocycles. The normalized spacial score (nSPS) is 15.2. The van der Waals surface area contributed by atoms with Crippen molar-refractivity contribution in [1.29, 1.82) is 0 Å². The molecule has 2 aromatic rings. The largest absolute Gasteiger partial charge is 0.484 e. The first-order valence-electron chi connectivity index (χ1n) is 8.42. The van der Waals surface area contributed by atoms with Crippen molar-refractivity contribution in [1.82, 2.24) is 4.31 Å². The van der Waals surface area contributed by atoms with Crippen LogP contribution in [0, 0.1) is 5.82 Å². The Hall–Kier alpha value is -2.20. The number of carbonyl (C=O) groups is 1. The number of benzene rings is 2. The Labute approximate surface area is 167 Å². The van der Waals surface area contributed by atoms with Crippen LogP contribution in [-0.2, 0) is 19.6 Å². The summed E-state index contributed by atoms with van der Waals surface area (Å²) in [7, 11) is -3.58. The lowest BCUT2D eigenvalue weighted by atomic mass is 10.3. The highest BCUT2D eigenvalue weighted by Crippen LogP contribution is 2.21. The van der Waals surface area contributed by atoms with E-state index in [-0.39, 0.29) is 16.5 Å². The number of ether oxygens (including phenoxy) is 2. The van der Waals surface area contributed by atoms with Gasteiger partial charge in [-0.3, -0.25) is 4.79 Å². The van der Waals surface area contributed by atoms with Crippen LogP contribution in [0.25, 0.3) is 0 Å². The lowest BCUT2D eigenvalue weighted by molar-refractivity contribution is -0.118. The second-order valence-electron chi connectivity index (χ2n) is 5.95. The van der Waals surface area contributed by atoms with Crippen LogP contribution >= 0.6 is 11.6 Å². The molecule has 1 N–H and O–H groups in total. The number of carbonyl (C=O) groups excluding carboxylic acids is 1. The third kappa shape index (κ3) is 4.99. The van der Waals surface area contributed by atoms with Crippen molar-refractivity contribution in [3.63, 3.8) is 0 Å². The van der Waals surface area contributed by atoms with Gasteiger partial charge in [0.2, 0.25) is 10.0 Å². The lowest BCUT2D eigenvalue weighted by Crippen LogP contribution is -2.40. The number of morpholine rings is 1. The number of halogens is 2. The predicted octanol–water partition coefficient (Wildman–Crippen LogP) is 2.52.